The lowest BCUT2D eigenvalue weighted by atomic mass is 10.1. The number of H-pyrrole nitrogens is 1. The lowest BCUT2D eigenvalue weighted by Crippen LogP contribution is -2.14. The van der Waals surface area contributed by atoms with Crippen molar-refractivity contribution < 1.29 is 13.9 Å². The van der Waals surface area contributed by atoms with Gasteiger partial charge in [0.05, 0.1) is 18.6 Å². The molecule has 0 unspecified atom stereocenters. The smallest absolute Gasteiger partial charge is 0.234 e. The largest absolute Gasteiger partial charge is 0.497 e. The number of hydrogen-bond acceptors (Lipinski definition) is 4. The minimum Gasteiger partial charge on any atom is -0.497 e. The normalized spacial score (nSPS) is 10.6. The number of methoxy groups -OCH3 is 1. The van der Waals surface area contributed by atoms with Crippen LogP contribution in [0.5, 0.6) is 5.75 Å². The highest BCUT2D eigenvalue weighted by Crippen LogP contribution is 2.33. The van der Waals surface area contributed by atoms with Gasteiger partial charge < -0.3 is 15.0 Å². The van der Waals surface area contributed by atoms with E-state index in [0.29, 0.717) is 5.69 Å². The quantitative estimate of drug-likeness (QED) is 0.371. The topological polar surface area (TPSA) is 67.0 Å². The standard InChI is InChI=1S/C24H20FN3O2S/c1-30-20-13-7-16(8-14-20)22-24(28-23(27-22)17-5-3-2-4-6-17)31-15-21(29)26-19-11-9-18(25)10-12-19/h2-14H,15H2,1H3,(H,26,29)(H,27,28). The number of imidazole rings is 1. The second-order valence-electron chi connectivity index (χ2n) is 6.70. The van der Waals surface area contributed by atoms with Crippen molar-refractivity contribution in [2.75, 3.05) is 18.2 Å². The minimum absolute atomic E-state index is 0.166. The molecule has 31 heavy (non-hydrogen) atoms. The van der Waals surface area contributed by atoms with Gasteiger partial charge in [-0.1, -0.05) is 42.1 Å². The Morgan fingerprint density at radius 2 is 1.71 bits per heavy atom. The highest BCUT2D eigenvalue weighted by molar-refractivity contribution is 8.00. The van der Waals surface area contributed by atoms with Crippen LogP contribution < -0.4 is 10.1 Å². The number of thioether (sulfide) groups is 1. The molecule has 7 heteroatoms. The average molecular weight is 434 g/mol. The summed E-state index contributed by atoms with van der Waals surface area (Å²) in [6.45, 7) is 0. The maximum atomic E-state index is 13.1. The summed E-state index contributed by atoms with van der Waals surface area (Å²) < 4.78 is 18.3. The van der Waals surface area contributed by atoms with E-state index in [9.17, 15) is 9.18 Å². The first-order valence-electron chi connectivity index (χ1n) is 9.60. The van der Waals surface area contributed by atoms with Crippen LogP contribution in [0.1, 0.15) is 0 Å². The number of carbonyl (C=O) groups excluding carboxylic acids is 1. The van der Waals surface area contributed by atoms with Crippen LogP contribution in [0.3, 0.4) is 0 Å². The molecule has 0 aliphatic heterocycles. The summed E-state index contributed by atoms with van der Waals surface area (Å²) in [7, 11) is 1.62. The fraction of sp³-hybridized carbons (Fsp3) is 0.0833. The number of ether oxygens (including phenoxy) is 1. The SMILES string of the molecule is COc1ccc(-c2[nH]c(-c3ccccc3)nc2SCC(=O)Nc2ccc(F)cc2)cc1. The molecular formula is C24H20FN3O2S. The maximum absolute atomic E-state index is 13.1. The van der Waals surface area contributed by atoms with Gasteiger partial charge in [-0.3, -0.25) is 4.79 Å². The minimum atomic E-state index is -0.346. The fourth-order valence-corrected chi connectivity index (χ4v) is 3.82. The van der Waals surface area contributed by atoms with E-state index in [1.165, 1.54) is 36.0 Å². The van der Waals surface area contributed by atoms with Crippen LogP contribution in [0.15, 0.2) is 83.9 Å². The highest BCUT2D eigenvalue weighted by atomic mass is 32.2. The van der Waals surface area contributed by atoms with E-state index < -0.39 is 0 Å². The zero-order chi connectivity index (χ0) is 21.6. The van der Waals surface area contributed by atoms with Gasteiger partial charge in [0.25, 0.3) is 0 Å². The molecule has 0 radical (unpaired) electrons. The first kappa shape index (κ1) is 20.7. The lowest BCUT2D eigenvalue weighted by Gasteiger charge is -2.06. The molecular weight excluding hydrogens is 413 g/mol. The Kier molecular flexibility index (Phi) is 6.33. The molecule has 1 amide bonds. The molecule has 1 heterocycles. The van der Waals surface area contributed by atoms with Crippen LogP contribution in [0.4, 0.5) is 10.1 Å². The van der Waals surface area contributed by atoms with E-state index in [1.54, 1.807) is 7.11 Å². The Labute approximate surface area is 183 Å². The molecule has 0 aliphatic rings. The molecule has 4 aromatic rings. The number of aromatic nitrogens is 2. The van der Waals surface area contributed by atoms with Gasteiger partial charge in [-0.05, 0) is 48.5 Å². The molecule has 0 saturated heterocycles. The Hall–Kier alpha value is -3.58. The van der Waals surface area contributed by atoms with E-state index in [-0.39, 0.29) is 17.5 Å². The molecule has 156 valence electrons. The first-order chi connectivity index (χ1) is 15.1. The highest BCUT2D eigenvalue weighted by Gasteiger charge is 2.16. The third kappa shape index (κ3) is 5.13. The second-order valence-corrected chi connectivity index (χ2v) is 7.67. The van der Waals surface area contributed by atoms with E-state index in [4.69, 9.17) is 9.72 Å². The maximum Gasteiger partial charge on any atom is 0.234 e. The third-order valence-electron chi connectivity index (χ3n) is 4.56. The van der Waals surface area contributed by atoms with Crippen molar-refractivity contribution in [3.63, 3.8) is 0 Å². The van der Waals surface area contributed by atoms with Crippen LogP contribution in [-0.4, -0.2) is 28.7 Å². The van der Waals surface area contributed by atoms with Gasteiger partial charge in [-0.15, -0.1) is 0 Å². The van der Waals surface area contributed by atoms with Gasteiger partial charge in [0.1, 0.15) is 22.4 Å². The molecule has 1 aromatic heterocycles. The third-order valence-corrected chi connectivity index (χ3v) is 5.54. The molecule has 0 spiro atoms. The number of nitrogens with zero attached hydrogens (tertiary/aromatic N) is 1. The summed E-state index contributed by atoms with van der Waals surface area (Å²) >= 11 is 1.34. The number of carbonyl (C=O) groups is 1. The number of anilines is 1. The number of nitrogens with one attached hydrogen (secondary N) is 2. The van der Waals surface area contributed by atoms with Crippen molar-refractivity contribution in [3.05, 3.63) is 84.7 Å². The molecule has 2 N–H and O–H groups in total. The van der Waals surface area contributed by atoms with E-state index in [0.717, 1.165) is 33.4 Å². The summed E-state index contributed by atoms with van der Waals surface area (Å²) in [4.78, 5) is 20.5. The number of benzene rings is 3. The van der Waals surface area contributed by atoms with Crippen LogP contribution in [-0.2, 0) is 4.79 Å². The number of halogens is 1. The van der Waals surface area contributed by atoms with E-state index >= 15 is 0 Å². The van der Waals surface area contributed by atoms with E-state index in [1.807, 2.05) is 54.6 Å². The van der Waals surface area contributed by atoms with Crippen molar-refractivity contribution in [2.45, 2.75) is 5.03 Å². The zero-order valence-electron chi connectivity index (χ0n) is 16.8. The fourth-order valence-electron chi connectivity index (χ4n) is 3.01. The Balaban J connectivity index is 1.56. The van der Waals surface area contributed by atoms with Gasteiger partial charge in [0, 0.05) is 16.8 Å². The molecule has 0 bridgehead atoms. The van der Waals surface area contributed by atoms with Crippen molar-refractivity contribution in [1.29, 1.82) is 0 Å². The number of hydrogen-bond donors (Lipinski definition) is 2. The van der Waals surface area contributed by atoms with Crippen molar-refractivity contribution in [1.82, 2.24) is 9.97 Å². The van der Waals surface area contributed by atoms with Crippen molar-refractivity contribution in [3.8, 4) is 28.4 Å². The zero-order valence-corrected chi connectivity index (χ0v) is 17.6. The van der Waals surface area contributed by atoms with Gasteiger partial charge in [-0.2, -0.15) is 0 Å². The Morgan fingerprint density at radius 1 is 1.00 bits per heavy atom. The van der Waals surface area contributed by atoms with Crippen LogP contribution in [0.25, 0.3) is 22.6 Å². The van der Waals surface area contributed by atoms with E-state index in [2.05, 4.69) is 10.3 Å². The van der Waals surface area contributed by atoms with Crippen LogP contribution >= 0.6 is 11.8 Å². The molecule has 5 nitrogen and oxygen atoms in total. The lowest BCUT2D eigenvalue weighted by molar-refractivity contribution is -0.113. The number of aromatic amines is 1. The summed E-state index contributed by atoms with van der Waals surface area (Å²) in [5.41, 5.74) is 3.28. The molecule has 0 fully saturated rings. The Morgan fingerprint density at radius 3 is 2.39 bits per heavy atom. The van der Waals surface area contributed by atoms with Crippen LogP contribution in [0.2, 0.25) is 0 Å². The summed E-state index contributed by atoms with van der Waals surface area (Å²) in [5, 5.41) is 3.49. The monoisotopic (exact) mass is 433 g/mol. The molecule has 0 atom stereocenters. The Bertz CT molecular complexity index is 1160. The predicted octanol–water partition coefficient (Wildman–Crippen LogP) is 5.62. The van der Waals surface area contributed by atoms with Gasteiger partial charge in [-0.25, -0.2) is 9.37 Å². The first-order valence-corrected chi connectivity index (χ1v) is 10.6. The molecule has 3 aromatic carbocycles. The average Bonchev–Trinajstić information content (AvgIpc) is 3.24. The summed E-state index contributed by atoms with van der Waals surface area (Å²) in [5.74, 6) is 1.12. The molecule has 0 aliphatic carbocycles. The van der Waals surface area contributed by atoms with Crippen LogP contribution in [0, 0.1) is 5.82 Å². The van der Waals surface area contributed by atoms with Crippen molar-refractivity contribution >= 4 is 23.4 Å². The van der Waals surface area contributed by atoms with Crippen molar-refractivity contribution in [2.24, 2.45) is 0 Å². The summed E-state index contributed by atoms with van der Waals surface area (Å²) in [6.07, 6.45) is 0. The predicted molar refractivity (Wildman–Crippen MR) is 122 cm³/mol. The number of rotatable bonds is 7. The molecule has 0 saturated carbocycles. The van der Waals surface area contributed by atoms with Gasteiger partial charge in [0.2, 0.25) is 5.91 Å². The van der Waals surface area contributed by atoms with Gasteiger partial charge in [0.15, 0.2) is 0 Å². The number of amides is 1. The summed E-state index contributed by atoms with van der Waals surface area (Å²) in [6, 6.07) is 23.2. The second kappa shape index (κ2) is 9.49. The molecule has 4 rings (SSSR count). The van der Waals surface area contributed by atoms with Gasteiger partial charge >= 0.3 is 0 Å².